The van der Waals surface area contributed by atoms with E-state index in [1.165, 1.54) is 0 Å². The third-order valence-corrected chi connectivity index (χ3v) is 3.76. The van der Waals surface area contributed by atoms with Gasteiger partial charge in [0.2, 0.25) is 0 Å². The van der Waals surface area contributed by atoms with Gasteiger partial charge >= 0.3 is 0 Å². The Bertz CT molecular complexity index is 484. The molecule has 0 aliphatic heterocycles. The molecule has 0 fully saturated rings. The largest absolute Gasteiger partial charge is 0.396 e. The molecule has 0 aliphatic carbocycles. The standard InChI is InChI=1S/C13H14ClNOS/c14-12-6-2-1-4-10(12)8-13-15-11(9-17-13)5-3-7-16/h1-2,4,6,9,16H,3,5,7-8H2. The number of nitrogens with zero attached hydrogens (tertiary/aromatic N) is 1. The minimum Gasteiger partial charge on any atom is -0.396 e. The maximum atomic E-state index is 8.76. The van der Waals surface area contributed by atoms with Crippen molar-refractivity contribution in [3.05, 3.63) is 50.9 Å². The van der Waals surface area contributed by atoms with Gasteiger partial charge in [-0.15, -0.1) is 11.3 Å². The second kappa shape index (κ2) is 6.15. The van der Waals surface area contributed by atoms with Crippen LogP contribution in [-0.2, 0) is 12.8 Å². The molecule has 0 unspecified atom stereocenters. The highest BCUT2D eigenvalue weighted by atomic mass is 35.5. The topological polar surface area (TPSA) is 33.1 Å². The van der Waals surface area contributed by atoms with Gasteiger partial charge in [-0.05, 0) is 24.5 Å². The summed E-state index contributed by atoms with van der Waals surface area (Å²) in [6.07, 6.45) is 2.40. The Balaban J connectivity index is 2.04. The summed E-state index contributed by atoms with van der Waals surface area (Å²) in [6.45, 7) is 0.220. The van der Waals surface area contributed by atoms with Crippen molar-refractivity contribution in [2.45, 2.75) is 19.3 Å². The first-order chi connectivity index (χ1) is 8.29. The Hall–Kier alpha value is -0.900. The maximum absolute atomic E-state index is 8.76. The van der Waals surface area contributed by atoms with Crippen molar-refractivity contribution in [1.82, 2.24) is 4.98 Å². The number of halogens is 1. The van der Waals surface area contributed by atoms with Crippen molar-refractivity contribution in [2.24, 2.45) is 0 Å². The van der Waals surface area contributed by atoms with E-state index in [-0.39, 0.29) is 6.61 Å². The summed E-state index contributed by atoms with van der Waals surface area (Å²) >= 11 is 7.76. The van der Waals surface area contributed by atoms with Crippen LogP contribution in [0, 0.1) is 0 Å². The number of aryl methyl sites for hydroxylation is 1. The molecule has 2 nitrogen and oxygen atoms in total. The molecule has 1 aromatic heterocycles. The number of benzene rings is 1. The van der Waals surface area contributed by atoms with E-state index in [0.29, 0.717) is 0 Å². The molecule has 0 aliphatic rings. The van der Waals surface area contributed by atoms with Crippen molar-refractivity contribution < 1.29 is 5.11 Å². The van der Waals surface area contributed by atoms with E-state index in [1.807, 2.05) is 24.3 Å². The van der Waals surface area contributed by atoms with Crippen molar-refractivity contribution in [3.8, 4) is 0 Å². The van der Waals surface area contributed by atoms with Gasteiger partial charge in [-0.3, -0.25) is 0 Å². The predicted octanol–water partition coefficient (Wildman–Crippen LogP) is 3.31. The van der Waals surface area contributed by atoms with Gasteiger partial charge in [0.25, 0.3) is 0 Å². The van der Waals surface area contributed by atoms with Crippen molar-refractivity contribution in [3.63, 3.8) is 0 Å². The average molecular weight is 268 g/mol. The lowest BCUT2D eigenvalue weighted by molar-refractivity contribution is 0.288. The number of aliphatic hydroxyl groups excluding tert-OH is 1. The van der Waals surface area contributed by atoms with Crippen LogP contribution >= 0.6 is 22.9 Å². The molecule has 1 aromatic carbocycles. The molecule has 2 aromatic rings. The molecule has 4 heteroatoms. The van der Waals surface area contributed by atoms with E-state index in [0.717, 1.165) is 40.6 Å². The van der Waals surface area contributed by atoms with E-state index in [2.05, 4.69) is 10.4 Å². The van der Waals surface area contributed by atoms with Gasteiger partial charge in [-0.2, -0.15) is 0 Å². The first-order valence-corrected chi connectivity index (χ1v) is 6.83. The minimum atomic E-state index is 0.220. The van der Waals surface area contributed by atoms with Crippen LogP contribution in [-0.4, -0.2) is 16.7 Å². The number of aliphatic hydroxyl groups is 1. The molecule has 0 amide bonds. The summed E-state index contributed by atoms with van der Waals surface area (Å²) in [7, 11) is 0. The zero-order valence-electron chi connectivity index (χ0n) is 9.40. The van der Waals surface area contributed by atoms with E-state index in [4.69, 9.17) is 16.7 Å². The molecule has 0 bridgehead atoms. The fourth-order valence-corrected chi connectivity index (χ4v) is 2.66. The van der Waals surface area contributed by atoms with Crippen LogP contribution < -0.4 is 0 Å². The smallest absolute Gasteiger partial charge is 0.0972 e. The fourth-order valence-electron chi connectivity index (χ4n) is 1.61. The zero-order chi connectivity index (χ0) is 12.1. The molecular weight excluding hydrogens is 254 g/mol. The molecule has 0 saturated heterocycles. The molecule has 0 spiro atoms. The Morgan fingerprint density at radius 2 is 2.12 bits per heavy atom. The molecule has 0 radical (unpaired) electrons. The molecule has 0 atom stereocenters. The van der Waals surface area contributed by atoms with Gasteiger partial charge in [0.05, 0.1) is 10.7 Å². The molecule has 1 heterocycles. The first kappa shape index (κ1) is 12.6. The van der Waals surface area contributed by atoms with Gasteiger partial charge in [-0.25, -0.2) is 4.98 Å². The van der Waals surface area contributed by atoms with Gasteiger partial charge in [0.15, 0.2) is 0 Å². The number of hydrogen-bond acceptors (Lipinski definition) is 3. The minimum absolute atomic E-state index is 0.220. The van der Waals surface area contributed by atoms with Crippen LogP contribution in [0.5, 0.6) is 0 Å². The van der Waals surface area contributed by atoms with Gasteiger partial charge in [-0.1, -0.05) is 29.8 Å². The Labute approximate surface area is 110 Å². The van der Waals surface area contributed by atoms with E-state index in [1.54, 1.807) is 11.3 Å². The van der Waals surface area contributed by atoms with E-state index >= 15 is 0 Å². The Morgan fingerprint density at radius 1 is 1.29 bits per heavy atom. The molecule has 1 N–H and O–H groups in total. The van der Waals surface area contributed by atoms with Crippen molar-refractivity contribution in [1.29, 1.82) is 0 Å². The van der Waals surface area contributed by atoms with Crippen LogP contribution in [0.3, 0.4) is 0 Å². The normalized spacial score (nSPS) is 10.7. The van der Waals surface area contributed by atoms with Crippen molar-refractivity contribution in [2.75, 3.05) is 6.61 Å². The van der Waals surface area contributed by atoms with Crippen LogP contribution in [0.25, 0.3) is 0 Å². The third kappa shape index (κ3) is 3.53. The maximum Gasteiger partial charge on any atom is 0.0972 e. The quantitative estimate of drug-likeness (QED) is 0.902. The van der Waals surface area contributed by atoms with Crippen molar-refractivity contribution >= 4 is 22.9 Å². The summed E-state index contributed by atoms with van der Waals surface area (Å²) in [4.78, 5) is 4.53. The predicted molar refractivity (Wildman–Crippen MR) is 71.8 cm³/mol. The SMILES string of the molecule is OCCCc1csc(Cc2ccccc2Cl)n1. The zero-order valence-corrected chi connectivity index (χ0v) is 11.0. The fraction of sp³-hybridized carbons (Fsp3) is 0.308. The van der Waals surface area contributed by atoms with Crippen LogP contribution in [0.2, 0.25) is 5.02 Å². The van der Waals surface area contributed by atoms with E-state index < -0.39 is 0 Å². The van der Waals surface area contributed by atoms with Crippen LogP contribution in [0.4, 0.5) is 0 Å². The summed E-state index contributed by atoms with van der Waals surface area (Å²) in [5, 5.41) is 12.7. The lowest BCUT2D eigenvalue weighted by Crippen LogP contribution is -1.92. The molecule has 0 saturated carbocycles. The summed E-state index contributed by atoms with van der Waals surface area (Å²) in [5.41, 5.74) is 2.17. The third-order valence-electron chi connectivity index (χ3n) is 2.49. The first-order valence-electron chi connectivity index (χ1n) is 5.57. The van der Waals surface area contributed by atoms with Crippen LogP contribution in [0.1, 0.15) is 22.7 Å². The second-order valence-corrected chi connectivity index (χ2v) is 5.18. The molecular formula is C13H14ClNOS. The monoisotopic (exact) mass is 267 g/mol. The number of hydrogen-bond donors (Lipinski definition) is 1. The van der Waals surface area contributed by atoms with Crippen LogP contribution in [0.15, 0.2) is 29.6 Å². The number of rotatable bonds is 5. The number of thiazole rings is 1. The average Bonchev–Trinajstić information content (AvgIpc) is 2.77. The second-order valence-electron chi connectivity index (χ2n) is 3.83. The van der Waals surface area contributed by atoms with Gasteiger partial charge in [0, 0.05) is 23.4 Å². The molecule has 17 heavy (non-hydrogen) atoms. The highest BCUT2D eigenvalue weighted by molar-refractivity contribution is 7.09. The lowest BCUT2D eigenvalue weighted by Gasteiger charge is -2.00. The summed E-state index contributed by atoms with van der Waals surface area (Å²) in [6, 6.07) is 7.84. The highest BCUT2D eigenvalue weighted by Crippen LogP contribution is 2.21. The molecule has 90 valence electrons. The van der Waals surface area contributed by atoms with Gasteiger partial charge < -0.3 is 5.11 Å². The Kier molecular flexibility index (Phi) is 4.54. The van der Waals surface area contributed by atoms with E-state index in [9.17, 15) is 0 Å². The Morgan fingerprint density at radius 3 is 2.88 bits per heavy atom. The summed E-state index contributed by atoms with van der Waals surface area (Å²) < 4.78 is 0. The highest BCUT2D eigenvalue weighted by Gasteiger charge is 2.05. The summed E-state index contributed by atoms with van der Waals surface area (Å²) in [5.74, 6) is 0. The molecule has 2 rings (SSSR count). The number of aromatic nitrogens is 1. The van der Waals surface area contributed by atoms with Gasteiger partial charge in [0.1, 0.15) is 0 Å². The lowest BCUT2D eigenvalue weighted by atomic mass is 10.1.